The molecular weight excluding hydrogens is 490 g/mol. The second-order valence-corrected chi connectivity index (χ2v) is 9.78. The molecule has 35 heavy (non-hydrogen) atoms. The van der Waals surface area contributed by atoms with Gasteiger partial charge >= 0.3 is 6.18 Å². The molecule has 0 aliphatic heterocycles. The second kappa shape index (κ2) is 10.9. The van der Waals surface area contributed by atoms with Gasteiger partial charge in [0.05, 0.1) is 22.1 Å². The van der Waals surface area contributed by atoms with Crippen LogP contribution in [0.5, 0.6) is 0 Å². The van der Waals surface area contributed by atoms with Gasteiger partial charge in [-0.3, -0.25) is 9.98 Å². The number of halogens is 4. The van der Waals surface area contributed by atoms with Crippen LogP contribution in [0.2, 0.25) is 5.02 Å². The number of hydrogen-bond acceptors (Lipinski definition) is 2. The van der Waals surface area contributed by atoms with Gasteiger partial charge in [0.2, 0.25) is 0 Å². The third-order valence-electron chi connectivity index (χ3n) is 5.69. The fraction of sp³-hybridized carbons (Fsp3) is 0.259. The van der Waals surface area contributed by atoms with Gasteiger partial charge in [-0.1, -0.05) is 47.5 Å². The molecule has 2 unspecified atom stereocenters. The molecule has 3 nitrogen and oxygen atoms in total. The minimum Gasteiger partial charge on any atom is -0.348 e. The summed E-state index contributed by atoms with van der Waals surface area (Å²) in [7, 11) is 2.38. The molecule has 8 heteroatoms. The Kier molecular flexibility index (Phi) is 8.40. The van der Waals surface area contributed by atoms with Crippen molar-refractivity contribution in [3.8, 4) is 0 Å². The fourth-order valence-electron chi connectivity index (χ4n) is 3.78. The third-order valence-corrected chi connectivity index (χ3v) is 6.25. The Labute approximate surface area is 211 Å². The lowest BCUT2D eigenvalue weighted by Crippen LogP contribution is -2.34. The summed E-state index contributed by atoms with van der Waals surface area (Å²) in [6.07, 6.45) is -2.73. The van der Waals surface area contributed by atoms with E-state index in [1.807, 2.05) is 51.1 Å². The maximum Gasteiger partial charge on any atom is 0.416 e. The number of nitrogens with one attached hydrogen (secondary N) is 1. The fourth-order valence-corrected chi connectivity index (χ4v) is 4.25. The van der Waals surface area contributed by atoms with Crippen molar-refractivity contribution in [2.75, 3.05) is 0 Å². The molecule has 184 valence electrons. The number of pyridine rings is 1. The molecule has 0 radical (unpaired) electrons. The number of nitrogens with zero attached hydrogens (tertiary/aromatic N) is 2. The van der Waals surface area contributed by atoms with E-state index in [-0.39, 0.29) is 0 Å². The number of allylic oxidation sites excluding steroid dienone is 2. The summed E-state index contributed by atoms with van der Waals surface area (Å²) in [5.41, 5.74) is 1.77. The number of alkyl halides is 3. The van der Waals surface area contributed by atoms with E-state index in [1.165, 1.54) is 6.20 Å². The number of aromatic nitrogens is 1. The summed E-state index contributed by atoms with van der Waals surface area (Å²) in [5, 5.41) is 4.11. The van der Waals surface area contributed by atoms with Gasteiger partial charge < -0.3 is 5.32 Å². The average molecular weight is 518 g/mol. The standard InChI is InChI=1S/C27H28ClF3N3P/c1-17(2)18(3)33-19(4)34-26(15-20-8-6-5-7-9-20,25-11-10-23(28)16-32-25)21-12-22(27(29,30)31)14-24(35)13-21/h5-14,16H,15,35H2,1-4H3,(H,33,34). The number of amidine groups is 1. The van der Waals surface area contributed by atoms with E-state index in [2.05, 4.69) is 19.5 Å². The van der Waals surface area contributed by atoms with Gasteiger partial charge in [-0.25, -0.2) is 0 Å². The topological polar surface area (TPSA) is 37.3 Å². The zero-order chi connectivity index (χ0) is 25.8. The molecule has 2 atom stereocenters. The summed E-state index contributed by atoms with van der Waals surface area (Å²) < 4.78 is 41.5. The largest absolute Gasteiger partial charge is 0.416 e. The van der Waals surface area contributed by atoms with Gasteiger partial charge in [-0.05, 0) is 74.5 Å². The van der Waals surface area contributed by atoms with Crippen molar-refractivity contribution < 1.29 is 13.2 Å². The molecule has 0 saturated carbocycles. The molecule has 1 N–H and O–H groups in total. The lowest BCUT2D eigenvalue weighted by Gasteiger charge is -2.32. The van der Waals surface area contributed by atoms with Crippen molar-refractivity contribution >= 4 is 32.0 Å². The first-order chi connectivity index (χ1) is 16.4. The van der Waals surface area contributed by atoms with Gasteiger partial charge in [-0.2, -0.15) is 13.2 Å². The number of aliphatic imine (C=N–C) groups is 1. The second-order valence-electron chi connectivity index (χ2n) is 8.67. The van der Waals surface area contributed by atoms with Crippen LogP contribution in [0, 0.1) is 0 Å². The van der Waals surface area contributed by atoms with Crippen molar-refractivity contribution in [1.29, 1.82) is 0 Å². The highest BCUT2D eigenvalue weighted by atomic mass is 35.5. The maximum atomic E-state index is 13.8. The van der Waals surface area contributed by atoms with E-state index in [0.717, 1.165) is 29.0 Å². The molecule has 0 aliphatic rings. The highest BCUT2D eigenvalue weighted by Crippen LogP contribution is 2.40. The minimum absolute atomic E-state index is 0.292. The number of rotatable bonds is 6. The zero-order valence-corrected chi connectivity index (χ0v) is 22.0. The van der Waals surface area contributed by atoms with Crippen LogP contribution < -0.4 is 10.6 Å². The van der Waals surface area contributed by atoms with Crippen molar-refractivity contribution in [3.63, 3.8) is 0 Å². The molecule has 0 amide bonds. The summed E-state index contributed by atoms with van der Waals surface area (Å²) in [5.74, 6) is 0.555. The highest BCUT2D eigenvalue weighted by Gasteiger charge is 2.39. The molecule has 2 aromatic carbocycles. The normalized spacial score (nSPS) is 13.8. The molecule has 0 saturated heterocycles. The first-order valence-corrected chi connectivity index (χ1v) is 12.0. The predicted molar refractivity (Wildman–Crippen MR) is 141 cm³/mol. The number of benzene rings is 2. The predicted octanol–water partition coefficient (Wildman–Crippen LogP) is 7.06. The molecule has 1 aromatic heterocycles. The molecule has 0 bridgehead atoms. The Morgan fingerprint density at radius 3 is 2.20 bits per heavy atom. The molecule has 0 aliphatic carbocycles. The van der Waals surface area contributed by atoms with E-state index in [1.54, 1.807) is 25.1 Å². The van der Waals surface area contributed by atoms with Crippen LogP contribution in [0.15, 0.2) is 83.1 Å². The Morgan fingerprint density at radius 2 is 1.63 bits per heavy atom. The third kappa shape index (κ3) is 6.71. The zero-order valence-electron chi connectivity index (χ0n) is 20.0. The Bertz CT molecular complexity index is 1230. The lowest BCUT2D eigenvalue weighted by molar-refractivity contribution is -0.137. The van der Waals surface area contributed by atoms with Gasteiger partial charge in [-0.15, -0.1) is 9.24 Å². The maximum absolute atomic E-state index is 13.8. The van der Waals surface area contributed by atoms with E-state index in [4.69, 9.17) is 16.6 Å². The average Bonchev–Trinajstić information content (AvgIpc) is 2.78. The van der Waals surface area contributed by atoms with Crippen LogP contribution in [0.25, 0.3) is 0 Å². The van der Waals surface area contributed by atoms with Gasteiger partial charge in [0.25, 0.3) is 0 Å². The van der Waals surface area contributed by atoms with Crippen LogP contribution in [-0.4, -0.2) is 10.8 Å². The van der Waals surface area contributed by atoms with E-state index >= 15 is 0 Å². The Hall–Kier alpha value is -2.69. The first kappa shape index (κ1) is 26.9. The van der Waals surface area contributed by atoms with E-state index < -0.39 is 17.3 Å². The molecule has 0 fully saturated rings. The first-order valence-electron chi connectivity index (χ1n) is 11.0. The molecular formula is C27H28ClF3N3P. The van der Waals surface area contributed by atoms with E-state index in [9.17, 15) is 13.2 Å². The minimum atomic E-state index is -4.51. The Morgan fingerprint density at radius 1 is 0.971 bits per heavy atom. The summed E-state index contributed by atoms with van der Waals surface area (Å²) in [6, 6.07) is 16.9. The van der Waals surface area contributed by atoms with Gasteiger partial charge in [0, 0.05) is 18.3 Å². The van der Waals surface area contributed by atoms with E-state index in [0.29, 0.717) is 33.8 Å². The van der Waals surface area contributed by atoms with Crippen LogP contribution in [0.1, 0.15) is 50.1 Å². The van der Waals surface area contributed by atoms with Gasteiger partial charge in [0.15, 0.2) is 0 Å². The van der Waals surface area contributed by atoms with Crippen molar-refractivity contribution in [3.05, 3.63) is 106 Å². The van der Waals surface area contributed by atoms with Crippen LogP contribution in [0.4, 0.5) is 13.2 Å². The lowest BCUT2D eigenvalue weighted by atomic mass is 9.80. The summed E-state index contributed by atoms with van der Waals surface area (Å²) in [6.45, 7) is 7.68. The van der Waals surface area contributed by atoms with Crippen LogP contribution in [0.3, 0.4) is 0 Å². The van der Waals surface area contributed by atoms with Crippen molar-refractivity contribution in [1.82, 2.24) is 10.3 Å². The Balaban J connectivity index is 2.37. The van der Waals surface area contributed by atoms with Crippen LogP contribution in [-0.2, 0) is 18.1 Å². The summed E-state index contributed by atoms with van der Waals surface area (Å²) >= 11 is 6.12. The molecule has 3 aromatic rings. The van der Waals surface area contributed by atoms with Crippen molar-refractivity contribution in [2.24, 2.45) is 4.99 Å². The number of hydrogen-bond donors (Lipinski definition) is 1. The van der Waals surface area contributed by atoms with Crippen LogP contribution >= 0.6 is 20.8 Å². The quantitative estimate of drug-likeness (QED) is 0.216. The summed E-state index contributed by atoms with van der Waals surface area (Å²) in [4.78, 5) is 9.59. The highest BCUT2D eigenvalue weighted by molar-refractivity contribution is 7.27. The van der Waals surface area contributed by atoms with Gasteiger partial charge in [0.1, 0.15) is 5.54 Å². The smallest absolute Gasteiger partial charge is 0.348 e. The molecule has 3 rings (SSSR count). The monoisotopic (exact) mass is 517 g/mol. The molecule has 0 spiro atoms. The molecule has 1 heterocycles. The van der Waals surface area contributed by atoms with Crippen molar-refractivity contribution in [2.45, 2.75) is 45.8 Å². The SMILES string of the molecule is CC(=NC(Cc1ccccc1)(c1cc(P)cc(C(F)(F)F)c1)c1ccc(Cl)cn1)NC(C)=C(C)C.